The molecule has 0 bridgehead atoms. The summed E-state index contributed by atoms with van der Waals surface area (Å²) < 4.78 is 0. The standard InChI is InChI=1S/C10H16N2OS/c1-10(2,8-11)9(13)12-4-3-6-14-7-5-12/h3-7H2,1-2H3. The first-order valence-corrected chi connectivity index (χ1v) is 6.02. The average molecular weight is 212 g/mol. The Morgan fingerprint density at radius 2 is 2.14 bits per heavy atom. The van der Waals surface area contributed by atoms with E-state index in [4.69, 9.17) is 5.26 Å². The Balaban J connectivity index is 2.64. The second kappa shape index (κ2) is 4.70. The molecule has 0 aromatic rings. The highest BCUT2D eigenvalue weighted by atomic mass is 32.2. The fourth-order valence-corrected chi connectivity index (χ4v) is 2.28. The number of thioether (sulfide) groups is 1. The molecule has 0 atom stereocenters. The summed E-state index contributed by atoms with van der Waals surface area (Å²) in [5.41, 5.74) is -0.866. The largest absolute Gasteiger partial charge is 0.340 e. The Morgan fingerprint density at radius 1 is 1.43 bits per heavy atom. The smallest absolute Gasteiger partial charge is 0.242 e. The Hall–Kier alpha value is -0.690. The SMILES string of the molecule is CC(C)(C#N)C(=O)N1CCCSCC1. The van der Waals surface area contributed by atoms with Crippen molar-refractivity contribution in [3.05, 3.63) is 0 Å². The second-order valence-electron chi connectivity index (χ2n) is 3.99. The number of carbonyl (C=O) groups is 1. The van der Waals surface area contributed by atoms with Gasteiger partial charge in [0.1, 0.15) is 5.41 Å². The van der Waals surface area contributed by atoms with Gasteiger partial charge in [-0.25, -0.2) is 0 Å². The quantitative estimate of drug-likeness (QED) is 0.661. The number of nitriles is 1. The Labute approximate surface area is 89.5 Å². The molecule has 0 spiro atoms. The first kappa shape index (κ1) is 11.4. The zero-order valence-electron chi connectivity index (χ0n) is 8.75. The highest BCUT2D eigenvalue weighted by molar-refractivity contribution is 7.99. The summed E-state index contributed by atoms with van der Waals surface area (Å²) in [5, 5.41) is 8.86. The molecule has 0 unspecified atom stereocenters. The number of rotatable bonds is 1. The molecule has 0 aromatic carbocycles. The maximum absolute atomic E-state index is 11.9. The third-order valence-electron chi connectivity index (χ3n) is 2.32. The van der Waals surface area contributed by atoms with Gasteiger partial charge in [0.05, 0.1) is 6.07 Å². The predicted molar refractivity (Wildman–Crippen MR) is 57.9 cm³/mol. The molecule has 1 heterocycles. The van der Waals surface area contributed by atoms with Gasteiger partial charge in [0.25, 0.3) is 0 Å². The molecule has 1 amide bonds. The predicted octanol–water partition coefficient (Wildman–Crippen LogP) is 1.50. The average Bonchev–Trinajstić information content (AvgIpc) is 2.44. The molecule has 1 fully saturated rings. The van der Waals surface area contributed by atoms with E-state index >= 15 is 0 Å². The van der Waals surface area contributed by atoms with Crippen molar-refractivity contribution >= 4 is 17.7 Å². The van der Waals surface area contributed by atoms with Gasteiger partial charge in [0.15, 0.2) is 0 Å². The van der Waals surface area contributed by atoms with Gasteiger partial charge in [-0.3, -0.25) is 4.79 Å². The topological polar surface area (TPSA) is 44.1 Å². The molecule has 4 heteroatoms. The van der Waals surface area contributed by atoms with Crippen LogP contribution in [0, 0.1) is 16.7 Å². The maximum Gasteiger partial charge on any atom is 0.242 e. The van der Waals surface area contributed by atoms with Crippen molar-refractivity contribution in [1.82, 2.24) is 4.90 Å². The maximum atomic E-state index is 11.9. The van der Waals surface area contributed by atoms with Crippen LogP contribution in [0.25, 0.3) is 0 Å². The van der Waals surface area contributed by atoms with Crippen LogP contribution in [0.15, 0.2) is 0 Å². The van der Waals surface area contributed by atoms with Crippen molar-refractivity contribution in [3.63, 3.8) is 0 Å². The highest BCUT2D eigenvalue weighted by Crippen LogP contribution is 2.20. The number of amides is 1. The summed E-state index contributed by atoms with van der Waals surface area (Å²) in [6.45, 7) is 4.96. The van der Waals surface area contributed by atoms with E-state index in [1.54, 1.807) is 13.8 Å². The van der Waals surface area contributed by atoms with Gasteiger partial charge in [0.2, 0.25) is 5.91 Å². The summed E-state index contributed by atoms with van der Waals surface area (Å²) in [6.07, 6.45) is 1.04. The zero-order valence-corrected chi connectivity index (χ0v) is 9.56. The van der Waals surface area contributed by atoms with E-state index in [9.17, 15) is 4.79 Å². The normalized spacial score (nSPS) is 18.5. The molecule has 1 saturated heterocycles. The van der Waals surface area contributed by atoms with Gasteiger partial charge >= 0.3 is 0 Å². The lowest BCUT2D eigenvalue weighted by molar-refractivity contribution is -0.137. The molecule has 78 valence electrons. The lowest BCUT2D eigenvalue weighted by Crippen LogP contribution is -2.41. The van der Waals surface area contributed by atoms with E-state index in [0.717, 1.165) is 31.0 Å². The summed E-state index contributed by atoms with van der Waals surface area (Å²) in [6, 6.07) is 2.06. The molecule has 14 heavy (non-hydrogen) atoms. The molecule has 0 aliphatic carbocycles. The number of hydrogen-bond donors (Lipinski definition) is 0. The summed E-state index contributed by atoms with van der Waals surface area (Å²) >= 11 is 1.88. The van der Waals surface area contributed by atoms with E-state index in [1.165, 1.54) is 0 Å². The minimum atomic E-state index is -0.866. The Kier molecular flexibility index (Phi) is 3.82. The van der Waals surface area contributed by atoms with Gasteiger partial charge in [-0.1, -0.05) is 0 Å². The van der Waals surface area contributed by atoms with Crippen molar-refractivity contribution in [1.29, 1.82) is 5.26 Å². The monoisotopic (exact) mass is 212 g/mol. The molecule has 0 aromatic heterocycles. The van der Waals surface area contributed by atoms with Gasteiger partial charge in [-0.2, -0.15) is 17.0 Å². The lowest BCUT2D eigenvalue weighted by Gasteiger charge is -2.26. The van der Waals surface area contributed by atoms with Crippen LogP contribution in [0.5, 0.6) is 0 Å². The second-order valence-corrected chi connectivity index (χ2v) is 5.22. The highest BCUT2D eigenvalue weighted by Gasteiger charge is 2.31. The van der Waals surface area contributed by atoms with Crippen LogP contribution >= 0.6 is 11.8 Å². The van der Waals surface area contributed by atoms with Crippen molar-refractivity contribution in [3.8, 4) is 6.07 Å². The first-order valence-electron chi connectivity index (χ1n) is 4.86. The fourth-order valence-electron chi connectivity index (χ4n) is 1.39. The summed E-state index contributed by atoms with van der Waals surface area (Å²) in [7, 11) is 0. The van der Waals surface area contributed by atoms with E-state index < -0.39 is 5.41 Å². The summed E-state index contributed by atoms with van der Waals surface area (Å²) in [4.78, 5) is 13.7. The molecule has 1 aliphatic rings. The van der Waals surface area contributed by atoms with Gasteiger partial charge in [0, 0.05) is 18.8 Å². The van der Waals surface area contributed by atoms with Crippen LogP contribution in [0.4, 0.5) is 0 Å². The van der Waals surface area contributed by atoms with Crippen LogP contribution in [0.2, 0.25) is 0 Å². The molecular weight excluding hydrogens is 196 g/mol. The Morgan fingerprint density at radius 3 is 2.79 bits per heavy atom. The first-order chi connectivity index (χ1) is 6.58. The van der Waals surface area contributed by atoms with Crippen molar-refractivity contribution in [2.45, 2.75) is 20.3 Å². The van der Waals surface area contributed by atoms with Gasteiger partial charge in [-0.15, -0.1) is 0 Å². The van der Waals surface area contributed by atoms with Crippen LogP contribution in [-0.2, 0) is 4.79 Å². The van der Waals surface area contributed by atoms with E-state index in [-0.39, 0.29) is 5.91 Å². The lowest BCUT2D eigenvalue weighted by atomic mass is 9.94. The molecule has 1 rings (SSSR count). The van der Waals surface area contributed by atoms with Crippen molar-refractivity contribution < 1.29 is 4.79 Å². The number of carbonyl (C=O) groups excluding carboxylic acids is 1. The van der Waals surface area contributed by atoms with Crippen LogP contribution in [0.1, 0.15) is 20.3 Å². The number of hydrogen-bond acceptors (Lipinski definition) is 3. The minimum Gasteiger partial charge on any atom is -0.340 e. The number of nitrogens with zero attached hydrogens (tertiary/aromatic N) is 2. The van der Waals surface area contributed by atoms with Crippen molar-refractivity contribution in [2.24, 2.45) is 5.41 Å². The third-order valence-corrected chi connectivity index (χ3v) is 3.37. The molecule has 1 aliphatic heterocycles. The third kappa shape index (κ3) is 2.65. The summed E-state index contributed by atoms with van der Waals surface area (Å²) in [5.74, 6) is 2.09. The zero-order chi connectivity index (χ0) is 10.6. The molecule has 0 N–H and O–H groups in total. The van der Waals surface area contributed by atoms with E-state index in [1.807, 2.05) is 16.7 Å². The van der Waals surface area contributed by atoms with Crippen molar-refractivity contribution in [2.75, 3.05) is 24.6 Å². The molecular formula is C10H16N2OS. The van der Waals surface area contributed by atoms with Gasteiger partial charge < -0.3 is 4.90 Å². The van der Waals surface area contributed by atoms with Crippen LogP contribution < -0.4 is 0 Å². The van der Waals surface area contributed by atoms with E-state index in [2.05, 4.69) is 6.07 Å². The van der Waals surface area contributed by atoms with Crippen LogP contribution in [0.3, 0.4) is 0 Å². The van der Waals surface area contributed by atoms with Gasteiger partial charge in [-0.05, 0) is 26.0 Å². The minimum absolute atomic E-state index is 0.0255. The van der Waals surface area contributed by atoms with Crippen LogP contribution in [-0.4, -0.2) is 35.4 Å². The fraction of sp³-hybridized carbons (Fsp3) is 0.800. The Bertz CT molecular complexity index is 249. The molecule has 0 radical (unpaired) electrons. The molecule has 0 saturated carbocycles. The molecule has 3 nitrogen and oxygen atoms in total. The van der Waals surface area contributed by atoms with E-state index in [0.29, 0.717) is 0 Å².